The number of likely N-dealkylation sites (tertiary alicyclic amines) is 1. The van der Waals surface area contributed by atoms with Crippen LogP contribution < -0.4 is 24.6 Å². The zero-order chi connectivity index (χ0) is 23.7. The Hall–Kier alpha value is -3.46. The molecule has 0 radical (unpaired) electrons. The van der Waals surface area contributed by atoms with Crippen LogP contribution in [0.25, 0.3) is 0 Å². The number of rotatable bonds is 6. The van der Waals surface area contributed by atoms with E-state index in [1.165, 1.54) is 0 Å². The Kier molecular flexibility index (Phi) is 5.95. The smallest absolute Gasteiger partial charge is 0.414 e. The highest BCUT2D eigenvalue weighted by Gasteiger charge is 2.50. The van der Waals surface area contributed by atoms with Crippen molar-refractivity contribution in [2.45, 2.75) is 24.5 Å². The summed E-state index contributed by atoms with van der Waals surface area (Å²) in [5, 5.41) is 3.04. The lowest BCUT2D eigenvalue weighted by atomic mass is 9.85. The van der Waals surface area contributed by atoms with Crippen LogP contribution in [0.4, 0.5) is 16.2 Å². The minimum Gasteiger partial charge on any atom is -0.493 e. The number of hydrogen-bond acceptors (Lipinski definition) is 7. The van der Waals surface area contributed by atoms with E-state index < -0.39 is 5.54 Å². The van der Waals surface area contributed by atoms with E-state index in [-0.39, 0.29) is 18.1 Å². The first-order chi connectivity index (χ1) is 16.5. The van der Waals surface area contributed by atoms with E-state index in [9.17, 15) is 9.59 Å². The topological polar surface area (TPSA) is 83.6 Å². The molecule has 2 aromatic rings. The molecule has 0 saturated carbocycles. The van der Waals surface area contributed by atoms with Gasteiger partial charge < -0.3 is 24.4 Å². The zero-order valence-electron chi connectivity index (χ0n) is 19.5. The third kappa shape index (κ3) is 3.90. The molecule has 9 heteroatoms. The number of ether oxygens (including phenoxy) is 3. The number of cyclic esters (lactones) is 1. The number of amides is 2. The van der Waals surface area contributed by atoms with Gasteiger partial charge in [-0.25, -0.2) is 4.79 Å². The van der Waals surface area contributed by atoms with E-state index in [1.54, 1.807) is 31.3 Å². The van der Waals surface area contributed by atoms with E-state index in [0.29, 0.717) is 36.9 Å². The molecule has 3 aliphatic heterocycles. The Morgan fingerprint density at radius 2 is 1.74 bits per heavy atom. The summed E-state index contributed by atoms with van der Waals surface area (Å²) in [6.45, 7) is 3.16. The Morgan fingerprint density at radius 1 is 1.00 bits per heavy atom. The number of carbonyl (C=O) groups is 2. The molecule has 9 nitrogen and oxygen atoms in total. The van der Waals surface area contributed by atoms with Crippen LogP contribution in [0, 0.1) is 0 Å². The predicted octanol–water partition coefficient (Wildman–Crippen LogP) is 2.46. The summed E-state index contributed by atoms with van der Waals surface area (Å²) in [4.78, 5) is 31.5. The average molecular weight is 467 g/mol. The van der Waals surface area contributed by atoms with Gasteiger partial charge in [-0.2, -0.15) is 0 Å². The van der Waals surface area contributed by atoms with E-state index in [0.717, 1.165) is 31.6 Å². The maximum atomic E-state index is 12.9. The first-order valence-electron chi connectivity index (χ1n) is 11.6. The number of carbonyl (C=O) groups excluding carboxylic acids is 2. The fraction of sp³-hybridized carbons (Fsp3) is 0.440. The monoisotopic (exact) mass is 466 g/mol. The van der Waals surface area contributed by atoms with Crippen LogP contribution in [0.3, 0.4) is 0 Å². The molecular formula is C25H30N4O5. The van der Waals surface area contributed by atoms with Gasteiger partial charge in [-0.05, 0) is 37.1 Å². The van der Waals surface area contributed by atoms with Crippen molar-refractivity contribution in [1.82, 2.24) is 10.2 Å². The lowest BCUT2D eigenvalue weighted by molar-refractivity contribution is -0.125. The summed E-state index contributed by atoms with van der Waals surface area (Å²) >= 11 is 0. The highest BCUT2D eigenvalue weighted by Crippen LogP contribution is 2.37. The maximum absolute atomic E-state index is 12.9. The normalized spacial score (nSPS) is 22.1. The second kappa shape index (κ2) is 9.06. The number of nitrogens with one attached hydrogen (secondary N) is 1. The quantitative estimate of drug-likeness (QED) is 0.700. The van der Waals surface area contributed by atoms with Gasteiger partial charge in [0, 0.05) is 31.4 Å². The number of anilines is 2. The minimum absolute atomic E-state index is 0.0999. The Bertz CT molecular complexity index is 1050. The number of hydrogen-bond donors (Lipinski definition) is 1. The summed E-state index contributed by atoms with van der Waals surface area (Å²) in [6, 6.07) is 15.5. The highest BCUT2D eigenvalue weighted by atomic mass is 16.6. The van der Waals surface area contributed by atoms with E-state index >= 15 is 0 Å². The number of piperidine rings is 1. The lowest BCUT2D eigenvalue weighted by Crippen LogP contribution is -2.57. The van der Waals surface area contributed by atoms with Crippen molar-refractivity contribution in [2.24, 2.45) is 0 Å². The van der Waals surface area contributed by atoms with Crippen LogP contribution in [0.2, 0.25) is 0 Å². The van der Waals surface area contributed by atoms with E-state index in [1.807, 2.05) is 24.3 Å². The van der Waals surface area contributed by atoms with Gasteiger partial charge in [0.05, 0.1) is 33.1 Å². The van der Waals surface area contributed by atoms with Crippen molar-refractivity contribution in [1.29, 1.82) is 0 Å². The fourth-order valence-corrected chi connectivity index (χ4v) is 5.25. The number of benzene rings is 2. The molecule has 34 heavy (non-hydrogen) atoms. The summed E-state index contributed by atoms with van der Waals surface area (Å²) in [5.41, 5.74) is 1.25. The standard InChI is InChI=1S/C25H30N4O5/c1-32-21-9-8-19(14-22(21)33-2)28-16-20(34-24(28)31)15-27-12-10-25(11-13-27)23(30)26-17-29(25)18-6-4-3-5-7-18/h3-9,14,20H,10-13,15-17H2,1-2H3,(H,26,30). The molecular weight excluding hydrogens is 436 g/mol. The van der Waals surface area contributed by atoms with Crippen LogP contribution in [0.15, 0.2) is 48.5 Å². The van der Waals surface area contributed by atoms with Gasteiger partial charge in [0.2, 0.25) is 5.91 Å². The third-order valence-corrected chi connectivity index (χ3v) is 7.10. The SMILES string of the molecule is COc1ccc(N2CC(CN3CCC4(CC3)C(=O)NCN4c3ccccc3)OC2=O)cc1OC. The summed E-state index contributed by atoms with van der Waals surface area (Å²) in [6.07, 6.45) is 0.857. The van der Waals surface area contributed by atoms with Gasteiger partial charge in [-0.15, -0.1) is 0 Å². The number of nitrogens with zero attached hydrogens (tertiary/aromatic N) is 3. The molecule has 2 aromatic carbocycles. The highest BCUT2D eigenvalue weighted by molar-refractivity contribution is 5.93. The average Bonchev–Trinajstić information content (AvgIpc) is 3.39. The van der Waals surface area contributed by atoms with Gasteiger partial charge in [0.25, 0.3) is 0 Å². The van der Waals surface area contributed by atoms with E-state index in [4.69, 9.17) is 14.2 Å². The summed E-state index contributed by atoms with van der Waals surface area (Å²) in [5.74, 6) is 1.27. The minimum atomic E-state index is -0.518. The Morgan fingerprint density at radius 3 is 2.44 bits per heavy atom. The first kappa shape index (κ1) is 22.3. The van der Waals surface area contributed by atoms with Crippen LogP contribution in [-0.4, -0.2) is 75.6 Å². The van der Waals surface area contributed by atoms with Crippen LogP contribution in [-0.2, 0) is 9.53 Å². The largest absolute Gasteiger partial charge is 0.493 e. The van der Waals surface area contributed by atoms with Gasteiger partial charge in [0.15, 0.2) is 11.5 Å². The predicted molar refractivity (Wildman–Crippen MR) is 127 cm³/mol. The van der Waals surface area contributed by atoms with Gasteiger partial charge in [-0.1, -0.05) is 18.2 Å². The second-order valence-corrected chi connectivity index (χ2v) is 8.92. The van der Waals surface area contributed by atoms with Crippen molar-refractivity contribution in [3.63, 3.8) is 0 Å². The van der Waals surface area contributed by atoms with Crippen LogP contribution in [0.5, 0.6) is 11.5 Å². The van der Waals surface area contributed by atoms with E-state index in [2.05, 4.69) is 27.2 Å². The molecule has 1 spiro atoms. The summed E-state index contributed by atoms with van der Waals surface area (Å²) in [7, 11) is 3.15. The zero-order valence-corrected chi connectivity index (χ0v) is 19.5. The molecule has 1 unspecified atom stereocenters. The molecule has 3 saturated heterocycles. The molecule has 3 heterocycles. The van der Waals surface area contributed by atoms with Crippen molar-refractivity contribution < 1.29 is 23.8 Å². The molecule has 2 amide bonds. The third-order valence-electron chi connectivity index (χ3n) is 7.10. The molecule has 1 N–H and O–H groups in total. The molecule has 1 atom stereocenters. The van der Waals surface area contributed by atoms with Crippen molar-refractivity contribution >= 4 is 23.4 Å². The number of para-hydroxylation sites is 1. The first-order valence-corrected chi connectivity index (χ1v) is 11.6. The lowest BCUT2D eigenvalue weighted by Gasteiger charge is -2.43. The van der Waals surface area contributed by atoms with Crippen LogP contribution in [0.1, 0.15) is 12.8 Å². The molecule has 3 fully saturated rings. The molecule has 3 aliphatic rings. The van der Waals surface area contributed by atoms with Crippen molar-refractivity contribution in [3.05, 3.63) is 48.5 Å². The molecule has 0 aliphatic carbocycles. The van der Waals surface area contributed by atoms with Gasteiger partial charge in [0.1, 0.15) is 11.6 Å². The van der Waals surface area contributed by atoms with Gasteiger partial charge >= 0.3 is 6.09 Å². The van der Waals surface area contributed by atoms with Crippen LogP contribution >= 0.6 is 0 Å². The Balaban J connectivity index is 1.22. The fourth-order valence-electron chi connectivity index (χ4n) is 5.25. The summed E-state index contributed by atoms with van der Waals surface area (Å²) < 4.78 is 16.3. The molecule has 0 aromatic heterocycles. The number of methoxy groups -OCH3 is 2. The maximum Gasteiger partial charge on any atom is 0.414 e. The molecule has 5 rings (SSSR count). The van der Waals surface area contributed by atoms with Crippen molar-refractivity contribution in [3.8, 4) is 11.5 Å². The molecule has 180 valence electrons. The Labute approximate surface area is 199 Å². The second-order valence-electron chi connectivity index (χ2n) is 8.92. The molecule has 0 bridgehead atoms. The van der Waals surface area contributed by atoms with Crippen molar-refractivity contribution in [2.75, 3.05) is 56.9 Å². The van der Waals surface area contributed by atoms with Gasteiger partial charge in [-0.3, -0.25) is 14.6 Å².